The molecule has 7 heteroatoms. The van der Waals surface area contributed by atoms with Crippen molar-refractivity contribution >= 4 is 35.5 Å². The first-order chi connectivity index (χ1) is 6.04. The molecule has 0 rings (SSSR count). The third-order valence-corrected chi connectivity index (χ3v) is 1.05. The third kappa shape index (κ3) is 4.56. The first kappa shape index (κ1) is 15.8. The van der Waals surface area contributed by atoms with E-state index >= 15 is 0 Å². The zero-order valence-electron chi connectivity index (χ0n) is 6.75. The van der Waals surface area contributed by atoms with Gasteiger partial charge >= 0.3 is 35.5 Å². The van der Waals surface area contributed by atoms with Crippen LogP contribution < -0.4 is 0 Å². The summed E-state index contributed by atoms with van der Waals surface area (Å²) in [5.41, 5.74) is -1.06. The number of carbonyl (C=O) groups excluding carboxylic acids is 1. The Hall–Kier alpha value is -0.640. The minimum atomic E-state index is -3.25. The van der Waals surface area contributed by atoms with Crippen molar-refractivity contribution in [3.8, 4) is 6.07 Å². The molecule has 0 unspecified atom stereocenters. The van der Waals surface area contributed by atoms with E-state index in [2.05, 4.69) is 4.74 Å². The minimum absolute atomic E-state index is 0. The summed E-state index contributed by atoms with van der Waals surface area (Å²) in [7, 11) is 0. The molecule has 0 bridgehead atoms. The van der Waals surface area contributed by atoms with E-state index in [9.17, 15) is 13.6 Å². The van der Waals surface area contributed by atoms with Gasteiger partial charge in [-0.2, -0.15) is 5.26 Å². The Balaban J connectivity index is 0. The molecule has 0 heterocycles. The van der Waals surface area contributed by atoms with E-state index in [-0.39, 0.29) is 36.2 Å². The van der Waals surface area contributed by atoms with Crippen LogP contribution in [0, 0.1) is 11.3 Å². The third-order valence-electron chi connectivity index (χ3n) is 1.05. The standard InChI is InChI=1S/C7H7F2NO3.Na.H/c1-2-13-7(12)4(3-10)5(11)6(8)9;;/h6,11H,2H2,1H3;;/b5-4-;;. The second kappa shape index (κ2) is 7.74. The van der Waals surface area contributed by atoms with Crippen LogP contribution in [0.25, 0.3) is 0 Å². The number of hydrogen-bond donors (Lipinski definition) is 1. The Kier molecular flexibility index (Phi) is 8.74. The molecule has 0 aliphatic carbocycles. The molecule has 74 valence electrons. The number of aliphatic hydroxyl groups is 1. The molecule has 1 N–H and O–H groups in total. The normalized spacial score (nSPS) is 11.1. The maximum absolute atomic E-state index is 11.8. The summed E-state index contributed by atoms with van der Waals surface area (Å²) in [5, 5.41) is 16.8. The van der Waals surface area contributed by atoms with E-state index < -0.39 is 23.7 Å². The predicted octanol–water partition coefficient (Wildman–Crippen LogP) is 0.502. The summed E-state index contributed by atoms with van der Waals surface area (Å²) in [6, 6.07) is 1.14. The van der Waals surface area contributed by atoms with Gasteiger partial charge in [-0.25, -0.2) is 13.6 Å². The number of ether oxygens (including phenoxy) is 1. The number of aliphatic hydroxyl groups excluding tert-OH is 1. The number of alkyl halides is 2. The molecule has 0 fully saturated rings. The molecule has 0 aliphatic rings. The Morgan fingerprint density at radius 2 is 2.14 bits per heavy atom. The van der Waals surface area contributed by atoms with Crippen molar-refractivity contribution in [2.24, 2.45) is 0 Å². The van der Waals surface area contributed by atoms with Crippen molar-refractivity contribution in [3.63, 3.8) is 0 Å². The van der Waals surface area contributed by atoms with Crippen molar-refractivity contribution in [2.75, 3.05) is 6.61 Å². The van der Waals surface area contributed by atoms with Gasteiger partial charge < -0.3 is 9.84 Å². The molecule has 0 spiro atoms. The van der Waals surface area contributed by atoms with Crippen LogP contribution in [0.2, 0.25) is 0 Å². The molecular weight excluding hydrogens is 207 g/mol. The van der Waals surface area contributed by atoms with Gasteiger partial charge in [-0.05, 0) is 6.92 Å². The zero-order chi connectivity index (χ0) is 10.4. The molecule has 0 aromatic rings. The SMILES string of the molecule is CCOC(=O)/C(C#N)=C(\O)C(F)F.[NaH]. The predicted molar refractivity (Wildman–Crippen MR) is 45.1 cm³/mol. The first-order valence-electron chi connectivity index (χ1n) is 3.33. The number of allylic oxidation sites excluding steroid dienone is 1. The summed E-state index contributed by atoms with van der Waals surface area (Å²) < 4.78 is 27.9. The average molecular weight is 215 g/mol. The number of hydrogen-bond acceptors (Lipinski definition) is 4. The van der Waals surface area contributed by atoms with Gasteiger partial charge in [0.15, 0.2) is 11.3 Å². The van der Waals surface area contributed by atoms with E-state index in [4.69, 9.17) is 10.4 Å². The first-order valence-corrected chi connectivity index (χ1v) is 3.33. The van der Waals surface area contributed by atoms with Gasteiger partial charge in [0.05, 0.1) is 6.61 Å². The van der Waals surface area contributed by atoms with Crippen LogP contribution in [-0.2, 0) is 9.53 Å². The van der Waals surface area contributed by atoms with Gasteiger partial charge in [-0.3, -0.25) is 0 Å². The van der Waals surface area contributed by atoms with Crippen LogP contribution in [0.15, 0.2) is 11.3 Å². The Morgan fingerprint density at radius 1 is 1.64 bits per heavy atom. The number of nitriles is 1. The molecule has 4 nitrogen and oxygen atoms in total. The quantitative estimate of drug-likeness (QED) is 0.245. The fourth-order valence-corrected chi connectivity index (χ4v) is 0.520. The van der Waals surface area contributed by atoms with Crippen LogP contribution in [0.4, 0.5) is 8.78 Å². The zero-order valence-corrected chi connectivity index (χ0v) is 6.75. The summed E-state index contributed by atoms with van der Waals surface area (Å²) in [4.78, 5) is 10.7. The molecule has 0 radical (unpaired) electrons. The van der Waals surface area contributed by atoms with E-state index in [0.717, 1.165) is 6.07 Å². The van der Waals surface area contributed by atoms with E-state index in [1.807, 2.05) is 0 Å². The van der Waals surface area contributed by atoms with Crippen LogP contribution in [-0.4, -0.2) is 53.7 Å². The van der Waals surface area contributed by atoms with Gasteiger partial charge in [-0.1, -0.05) is 0 Å². The Labute approximate surface area is 101 Å². The summed E-state index contributed by atoms with van der Waals surface area (Å²) in [6.45, 7) is 1.40. The molecule has 0 aliphatic heterocycles. The monoisotopic (exact) mass is 215 g/mol. The van der Waals surface area contributed by atoms with E-state index in [1.54, 1.807) is 0 Å². The van der Waals surface area contributed by atoms with Crippen molar-refractivity contribution in [3.05, 3.63) is 11.3 Å². The van der Waals surface area contributed by atoms with Crippen molar-refractivity contribution in [2.45, 2.75) is 13.3 Å². The molecule has 0 saturated heterocycles. The van der Waals surface area contributed by atoms with Gasteiger partial charge in [0, 0.05) is 0 Å². The van der Waals surface area contributed by atoms with Crippen molar-refractivity contribution in [1.29, 1.82) is 5.26 Å². The average Bonchev–Trinajstić information content (AvgIpc) is 2.05. The summed E-state index contributed by atoms with van der Waals surface area (Å²) >= 11 is 0. The Morgan fingerprint density at radius 3 is 2.43 bits per heavy atom. The number of carbonyl (C=O) groups is 1. The second-order valence-electron chi connectivity index (χ2n) is 1.89. The molecule has 0 saturated carbocycles. The van der Waals surface area contributed by atoms with Crippen LogP contribution in [0.3, 0.4) is 0 Å². The topological polar surface area (TPSA) is 70.3 Å². The van der Waals surface area contributed by atoms with Gasteiger partial charge in [-0.15, -0.1) is 0 Å². The number of esters is 1. The fourth-order valence-electron chi connectivity index (χ4n) is 0.520. The molecular formula is C7H8F2NNaO3. The van der Waals surface area contributed by atoms with Crippen molar-refractivity contribution in [1.82, 2.24) is 0 Å². The summed E-state index contributed by atoms with van der Waals surface area (Å²) in [6.07, 6.45) is -3.25. The number of rotatable bonds is 3. The maximum atomic E-state index is 11.8. The number of nitrogens with zero attached hydrogens (tertiary/aromatic N) is 1. The van der Waals surface area contributed by atoms with Crippen LogP contribution >= 0.6 is 0 Å². The van der Waals surface area contributed by atoms with Crippen molar-refractivity contribution < 1.29 is 23.4 Å². The van der Waals surface area contributed by atoms with E-state index in [0.29, 0.717) is 0 Å². The van der Waals surface area contributed by atoms with Crippen LogP contribution in [0.5, 0.6) is 0 Å². The Bertz CT molecular complexity index is 273. The molecule has 0 atom stereocenters. The van der Waals surface area contributed by atoms with E-state index in [1.165, 1.54) is 6.92 Å². The molecule has 0 aromatic heterocycles. The molecule has 0 amide bonds. The van der Waals surface area contributed by atoms with Gasteiger partial charge in [0.2, 0.25) is 0 Å². The second-order valence-corrected chi connectivity index (χ2v) is 1.89. The molecule has 14 heavy (non-hydrogen) atoms. The fraction of sp³-hybridized carbons (Fsp3) is 0.429. The van der Waals surface area contributed by atoms with Crippen LogP contribution in [0.1, 0.15) is 6.92 Å². The molecule has 0 aromatic carbocycles. The van der Waals surface area contributed by atoms with Gasteiger partial charge in [0.1, 0.15) is 6.07 Å². The van der Waals surface area contributed by atoms with Gasteiger partial charge in [0.25, 0.3) is 6.43 Å². The summed E-state index contributed by atoms with van der Waals surface area (Å²) in [5.74, 6) is -2.80. The number of halogens is 2.